The fourth-order valence-corrected chi connectivity index (χ4v) is 5.32. The van der Waals surface area contributed by atoms with Gasteiger partial charge in [0.05, 0.1) is 23.8 Å². The normalized spacial score (nSPS) is 15.2. The molecule has 0 aromatic heterocycles. The molecule has 12 heteroatoms. The summed E-state index contributed by atoms with van der Waals surface area (Å²) in [5, 5.41) is 8.56. The quantitative estimate of drug-likeness (QED) is 0.267. The zero-order valence-corrected chi connectivity index (χ0v) is 20.9. The van der Waals surface area contributed by atoms with Crippen molar-refractivity contribution >= 4 is 49.5 Å². The number of hydrogen-bond donors (Lipinski definition) is 2. The second-order valence-electron chi connectivity index (χ2n) is 7.85. The Morgan fingerprint density at radius 3 is 2.47 bits per heavy atom. The van der Waals surface area contributed by atoms with Crippen LogP contribution in [0.4, 0.5) is 14.5 Å². The van der Waals surface area contributed by atoms with Gasteiger partial charge >= 0.3 is 6.61 Å². The molecule has 190 valence electrons. The van der Waals surface area contributed by atoms with Crippen LogP contribution in [0.5, 0.6) is 5.75 Å². The van der Waals surface area contributed by atoms with E-state index in [-0.39, 0.29) is 15.8 Å². The zero-order chi connectivity index (χ0) is 25.7. The number of fused-ring (bicyclic) bond motifs is 1. The highest BCUT2D eigenvalue weighted by atomic mass is 32.2. The van der Waals surface area contributed by atoms with Crippen LogP contribution >= 0.6 is 12.2 Å². The first-order chi connectivity index (χ1) is 17.3. The topological polar surface area (TPSA) is 92.3 Å². The third-order valence-corrected chi connectivity index (χ3v) is 7.63. The Bertz CT molecular complexity index is 1380. The third-order valence-electron chi connectivity index (χ3n) is 5.52. The van der Waals surface area contributed by atoms with E-state index >= 15 is 0 Å². The van der Waals surface area contributed by atoms with Crippen LogP contribution in [0.1, 0.15) is 12.5 Å². The van der Waals surface area contributed by atoms with E-state index < -0.39 is 16.6 Å². The lowest BCUT2D eigenvalue weighted by atomic mass is 10.0. The van der Waals surface area contributed by atoms with E-state index in [0.29, 0.717) is 48.7 Å². The van der Waals surface area contributed by atoms with Crippen LogP contribution < -0.4 is 15.5 Å². The van der Waals surface area contributed by atoms with Gasteiger partial charge in [-0.05, 0) is 54.9 Å². The molecule has 1 aliphatic rings. The summed E-state index contributed by atoms with van der Waals surface area (Å²) in [6.45, 7) is 0.0161. The SMILES string of the molecule is CC(=NNC(=S)Nc1ccc(S(=O)(=O)N2CCOCC2)cc1)c1ccc2ccccc2c1OC(F)F. The van der Waals surface area contributed by atoms with Crippen LogP contribution in [0, 0.1) is 0 Å². The summed E-state index contributed by atoms with van der Waals surface area (Å²) >= 11 is 5.27. The Hall–Kier alpha value is -3.19. The van der Waals surface area contributed by atoms with Crippen LogP contribution in [-0.2, 0) is 14.8 Å². The van der Waals surface area contributed by atoms with Gasteiger partial charge in [0.2, 0.25) is 10.0 Å². The largest absolute Gasteiger partial charge is 0.433 e. The number of nitrogens with zero attached hydrogens (tertiary/aromatic N) is 2. The van der Waals surface area contributed by atoms with E-state index in [2.05, 4.69) is 15.8 Å². The number of nitrogens with one attached hydrogen (secondary N) is 2. The van der Waals surface area contributed by atoms with E-state index in [1.807, 2.05) is 6.07 Å². The van der Waals surface area contributed by atoms with Crippen LogP contribution in [0.3, 0.4) is 0 Å². The van der Waals surface area contributed by atoms with Crippen LogP contribution in [-0.4, -0.2) is 56.5 Å². The lowest BCUT2D eigenvalue weighted by molar-refractivity contribution is -0.0489. The van der Waals surface area contributed by atoms with Crippen molar-refractivity contribution in [3.05, 3.63) is 66.2 Å². The first kappa shape index (κ1) is 25.9. The number of hydrazone groups is 1. The number of thiocarbonyl (C=S) groups is 1. The highest BCUT2D eigenvalue weighted by Crippen LogP contribution is 2.31. The lowest BCUT2D eigenvalue weighted by Crippen LogP contribution is -2.40. The van der Waals surface area contributed by atoms with E-state index in [4.69, 9.17) is 21.7 Å². The molecule has 1 saturated heterocycles. The molecule has 3 aromatic rings. The number of anilines is 1. The molecule has 1 fully saturated rings. The fraction of sp³-hybridized carbons (Fsp3) is 0.250. The average Bonchev–Trinajstić information content (AvgIpc) is 2.88. The van der Waals surface area contributed by atoms with E-state index in [1.54, 1.807) is 49.4 Å². The lowest BCUT2D eigenvalue weighted by Gasteiger charge is -2.26. The molecule has 0 radical (unpaired) electrons. The minimum absolute atomic E-state index is 0.0297. The maximum atomic E-state index is 13.1. The minimum Gasteiger partial charge on any atom is -0.433 e. The van der Waals surface area contributed by atoms with Crippen molar-refractivity contribution < 1.29 is 26.7 Å². The number of benzene rings is 3. The van der Waals surface area contributed by atoms with Crippen molar-refractivity contribution in [2.75, 3.05) is 31.6 Å². The molecule has 2 N–H and O–H groups in total. The minimum atomic E-state index is -3.60. The van der Waals surface area contributed by atoms with Crippen LogP contribution in [0.15, 0.2) is 70.7 Å². The number of halogens is 2. The van der Waals surface area contributed by atoms with E-state index in [9.17, 15) is 17.2 Å². The van der Waals surface area contributed by atoms with Crippen molar-refractivity contribution in [2.45, 2.75) is 18.4 Å². The molecule has 0 amide bonds. The number of alkyl halides is 2. The first-order valence-electron chi connectivity index (χ1n) is 11.0. The molecule has 0 bridgehead atoms. The molecule has 1 heterocycles. The van der Waals surface area contributed by atoms with Gasteiger partial charge in [-0.25, -0.2) is 8.42 Å². The fourth-order valence-electron chi connectivity index (χ4n) is 3.74. The van der Waals surface area contributed by atoms with Crippen LogP contribution in [0.2, 0.25) is 0 Å². The number of morpholine rings is 1. The smallest absolute Gasteiger partial charge is 0.387 e. The van der Waals surface area contributed by atoms with Crippen molar-refractivity contribution in [3.63, 3.8) is 0 Å². The van der Waals surface area contributed by atoms with Gasteiger partial charge in [-0.3, -0.25) is 5.43 Å². The summed E-state index contributed by atoms with van der Waals surface area (Å²) < 4.78 is 63.1. The monoisotopic (exact) mass is 534 g/mol. The Balaban J connectivity index is 1.45. The molecule has 0 atom stereocenters. The van der Waals surface area contributed by atoms with Crippen molar-refractivity contribution in [1.82, 2.24) is 9.73 Å². The predicted molar refractivity (Wildman–Crippen MR) is 138 cm³/mol. The van der Waals surface area contributed by atoms with Crippen LogP contribution in [0.25, 0.3) is 10.8 Å². The second kappa shape index (κ2) is 11.2. The Morgan fingerprint density at radius 1 is 1.08 bits per heavy atom. The second-order valence-corrected chi connectivity index (χ2v) is 10.2. The molecular weight excluding hydrogens is 510 g/mol. The Kier molecular flexibility index (Phi) is 8.09. The molecule has 8 nitrogen and oxygen atoms in total. The number of sulfonamides is 1. The molecule has 4 rings (SSSR count). The summed E-state index contributed by atoms with van der Waals surface area (Å²) in [4.78, 5) is 0.172. The molecular formula is C24H24F2N4O4S2. The predicted octanol–water partition coefficient (Wildman–Crippen LogP) is 4.17. The Labute approximate surface area is 212 Å². The number of ether oxygens (including phenoxy) is 2. The van der Waals surface area contributed by atoms with Gasteiger partial charge in [-0.2, -0.15) is 18.2 Å². The standard InChI is InChI=1S/C24H24F2N4O4S2/c1-16(20-11-6-17-4-2-3-5-21(17)22(20)34-23(25)26)28-29-24(35)27-18-7-9-19(10-8-18)36(31,32)30-12-14-33-15-13-30/h2-11,23H,12-15H2,1H3,(H2,27,29,35). The molecule has 3 aromatic carbocycles. The van der Waals surface area contributed by atoms with E-state index in [1.165, 1.54) is 16.4 Å². The molecule has 36 heavy (non-hydrogen) atoms. The average molecular weight is 535 g/mol. The van der Waals surface area contributed by atoms with Gasteiger partial charge in [-0.1, -0.05) is 30.3 Å². The summed E-state index contributed by atoms with van der Waals surface area (Å²) in [6, 6.07) is 16.7. The molecule has 1 aliphatic heterocycles. The molecule has 0 spiro atoms. The summed E-state index contributed by atoms with van der Waals surface area (Å²) in [6.07, 6.45) is 0. The maximum absolute atomic E-state index is 13.1. The summed E-state index contributed by atoms with van der Waals surface area (Å²) in [5.41, 5.74) is 4.00. The number of rotatable bonds is 7. The van der Waals surface area contributed by atoms with Gasteiger partial charge in [0.1, 0.15) is 5.75 Å². The Morgan fingerprint density at radius 2 is 1.78 bits per heavy atom. The molecule has 0 aliphatic carbocycles. The third kappa shape index (κ3) is 5.95. The van der Waals surface area contributed by atoms with Gasteiger partial charge in [0.25, 0.3) is 0 Å². The maximum Gasteiger partial charge on any atom is 0.387 e. The van der Waals surface area contributed by atoms with E-state index in [0.717, 1.165) is 5.39 Å². The highest BCUT2D eigenvalue weighted by Gasteiger charge is 2.26. The summed E-state index contributed by atoms with van der Waals surface area (Å²) in [7, 11) is -3.60. The van der Waals surface area contributed by atoms with Gasteiger partial charge in [0, 0.05) is 29.7 Å². The van der Waals surface area contributed by atoms with Gasteiger partial charge in [0.15, 0.2) is 5.11 Å². The zero-order valence-electron chi connectivity index (χ0n) is 19.3. The van der Waals surface area contributed by atoms with Crippen molar-refractivity contribution in [1.29, 1.82) is 0 Å². The first-order valence-corrected chi connectivity index (χ1v) is 12.9. The van der Waals surface area contributed by atoms with Crippen molar-refractivity contribution in [3.8, 4) is 5.75 Å². The molecule has 0 saturated carbocycles. The summed E-state index contributed by atoms with van der Waals surface area (Å²) in [5.74, 6) is 0.0297. The highest BCUT2D eigenvalue weighted by molar-refractivity contribution is 7.89. The number of hydrogen-bond acceptors (Lipinski definition) is 6. The van der Waals surface area contributed by atoms with Gasteiger partial charge < -0.3 is 14.8 Å². The van der Waals surface area contributed by atoms with Gasteiger partial charge in [-0.15, -0.1) is 0 Å². The van der Waals surface area contributed by atoms with Crippen molar-refractivity contribution in [2.24, 2.45) is 5.10 Å². The molecule has 0 unspecified atom stereocenters.